The minimum absolute atomic E-state index is 0.0108. The summed E-state index contributed by atoms with van der Waals surface area (Å²) in [5.74, 6) is -1.09. The molecule has 0 saturated carbocycles. The third-order valence-electron chi connectivity index (χ3n) is 4.25. The van der Waals surface area contributed by atoms with Gasteiger partial charge >= 0.3 is 0 Å². The molecule has 1 atom stereocenters. The molecule has 0 aromatic heterocycles. The van der Waals surface area contributed by atoms with E-state index in [0.29, 0.717) is 11.1 Å². The SMILES string of the molecule is Cc1cc(-c2ccccc2)cc(C(=O)NCC(O)c2ccccc2)c1F. The highest BCUT2D eigenvalue weighted by Crippen LogP contribution is 2.25. The van der Waals surface area contributed by atoms with E-state index in [1.807, 2.05) is 48.5 Å². The summed E-state index contributed by atoms with van der Waals surface area (Å²) in [6.45, 7) is 1.65. The summed E-state index contributed by atoms with van der Waals surface area (Å²) in [6, 6.07) is 21.8. The molecule has 0 heterocycles. The lowest BCUT2D eigenvalue weighted by Crippen LogP contribution is -2.29. The van der Waals surface area contributed by atoms with E-state index >= 15 is 0 Å². The van der Waals surface area contributed by atoms with Crippen molar-refractivity contribution < 1.29 is 14.3 Å². The van der Waals surface area contributed by atoms with Crippen LogP contribution in [0.2, 0.25) is 0 Å². The zero-order valence-corrected chi connectivity index (χ0v) is 14.4. The van der Waals surface area contributed by atoms with E-state index in [0.717, 1.165) is 11.1 Å². The van der Waals surface area contributed by atoms with Crippen LogP contribution in [0.15, 0.2) is 72.8 Å². The van der Waals surface area contributed by atoms with Crippen molar-refractivity contribution in [2.24, 2.45) is 0 Å². The van der Waals surface area contributed by atoms with Crippen molar-refractivity contribution in [3.63, 3.8) is 0 Å². The normalized spacial score (nSPS) is 11.8. The minimum atomic E-state index is -0.846. The van der Waals surface area contributed by atoms with Gasteiger partial charge in [-0.2, -0.15) is 0 Å². The summed E-state index contributed by atoms with van der Waals surface area (Å²) >= 11 is 0. The average Bonchev–Trinajstić information content (AvgIpc) is 2.69. The van der Waals surface area contributed by atoms with Crippen molar-refractivity contribution in [3.8, 4) is 11.1 Å². The molecule has 3 aromatic rings. The van der Waals surface area contributed by atoms with Gasteiger partial charge in [-0.1, -0.05) is 60.7 Å². The van der Waals surface area contributed by atoms with Crippen LogP contribution in [0, 0.1) is 12.7 Å². The first-order valence-corrected chi connectivity index (χ1v) is 8.43. The van der Waals surface area contributed by atoms with E-state index < -0.39 is 17.8 Å². The summed E-state index contributed by atoms with van der Waals surface area (Å²) < 4.78 is 14.5. The fraction of sp³-hybridized carbons (Fsp3) is 0.136. The van der Waals surface area contributed by atoms with Gasteiger partial charge in [-0.25, -0.2) is 4.39 Å². The van der Waals surface area contributed by atoms with Crippen LogP contribution < -0.4 is 5.32 Å². The first-order chi connectivity index (χ1) is 12.6. The first kappa shape index (κ1) is 17.8. The monoisotopic (exact) mass is 349 g/mol. The molecule has 3 rings (SSSR count). The van der Waals surface area contributed by atoms with Gasteiger partial charge < -0.3 is 10.4 Å². The van der Waals surface area contributed by atoms with Crippen LogP contribution in [0.25, 0.3) is 11.1 Å². The van der Waals surface area contributed by atoms with Crippen LogP contribution in [0.1, 0.15) is 27.6 Å². The highest BCUT2D eigenvalue weighted by atomic mass is 19.1. The second-order valence-corrected chi connectivity index (χ2v) is 6.16. The molecule has 132 valence electrons. The number of hydrogen-bond acceptors (Lipinski definition) is 2. The van der Waals surface area contributed by atoms with E-state index in [1.165, 1.54) is 0 Å². The molecule has 1 amide bonds. The zero-order chi connectivity index (χ0) is 18.5. The number of halogens is 1. The van der Waals surface area contributed by atoms with Gasteiger partial charge in [0, 0.05) is 6.54 Å². The highest BCUT2D eigenvalue weighted by molar-refractivity contribution is 5.96. The molecule has 0 radical (unpaired) electrons. The number of carbonyl (C=O) groups excluding carboxylic acids is 1. The molecule has 0 aliphatic carbocycles. The van der Waals surface area contributed by atoms with Gasteiger partial charge in [-0.05, 0) is 41.3 Å². The van der Waals surface area contributed by atoms with Crippen molar-refractivity contribution in [2.45, 2.75) is 13.0 Å². The summed E-state index contributed by atoms with van der Waals surface area (Å²) in [7, 11) is 0. The molecule has 4 heteroatoms. The van der Waals surface area contributed by atoms with Crippen LogP contribution in [-0.4, -0.2) is 17.6 Å². The van der Waals surface area contributed by atoms with E-state index in [1.54, 1.807) is 31.2 Å². The lowest BCUT2D eigenvalue weighted by molar-refractivity contribution is 0.0912. The number of aliphatic hydroxyl groups is 1. The number of rotatable bonds is 5. The predicted octanol–water partition coefficient (Wildman–Crippen LogP) is 4.26. The Morgan fingerprint density at radius 1 is 1.00 bits per heavy atom. The third-order valence-corrected chi connectivity index (χ3v) is 4.25. The lowest BCUT2D eigenvalue weighted by Gasteiger charge is -2.14. The maximum atomic E-state index is 14.5. The summed E-state index contributed by atoms with van der Waals surface area (Å²) in [4.78, 5) is 12.5. The van der Waals surface area contributed by atoms with Gasteiger partial charge in [0.1, 0.15) is 5.82 Å². The third kappa shape index (κ3) is 3.98. The fourth-order valence-corrected chi connectivity index (χ4v) is 2.81. The first-order valence-electron chi connectivity index (χ1n) is 8.43. The molecule has 3 nitrogen and oxygen atoms in total. The van der Waals surface area contributed by atoms with Gasteiger partial charge in [0.05, 0.1) is 11.7 Å². The Kier molecular flexibility index (Phi) is 5.44. The number of benzene rings is 3. The van der Waals surface area contributed by atoms with Crippen LogP contribution in [-0.2, 0) is 0 Å². The Labute approximate surface area is 152 Å². The molecule has 2 N–H and O–H groups in total. The second kappa shape index (κ2) is 7.93. The van der Waals surface area contributed by atoms with Gasteiger partial charge in [0.15, 0.2) is 0 Å². The Hall–Kier alpha value is -2.98. The smallest absolute Gasteiger partial charge is 0.254 e. The van der Waals surface area contributed by atoms with E-state index in [4.69, 9.17) is 0 Å². The van der Waals surface area contributed by atoms with Crippen LogP contribution in [0.3, 0.4) is 0 Å². The molecule has 0 saturated heterocycles. The number of nitrogens with one attached hydrogen (secondary N) is 1. The van der Waals surface area contributed by atoms with Crippen molar-refractivity contribution >= 4 is 5.91 Å². The van der Waals surface area contributed by atoms with Crippen molar-refractivity contribution in [1.29, 1.82) is 0 Å². The van der Waals surface area contributed by atoms with Crippen LogP contribution in [0.5, 0.6) is 0 Å². The zero-order valence-electron chi connectivity index (χ0n) is 14.4. The molecule has 0 bridgehead atoms. The molecular formula is C22H20FNO2. The summed E-state index contributed by atoms with van der Waals surface area (Å²) in [5, 5.41) is 12.8. The molecule has 0 aliphatic rings. The molecule has 0 fully saturated rings. The van der Waals surface area contributed by atoms with Gasteiger partial charge in [0.25, 0.3) is 5.91 Å². The van der Waals surface area contributed by atoms with Crippen LogP contribution >= 0.6 is 0 Å². The maximum absolute atomic E-state index is 14.5. The standard InChI is InChI=1S/C22H20FNO2/c1-15-12-18(16-8-4-2-5-9-16)13-19(21(15)23)22(26)24-14-20(25)17-10-6-3-7-11-17/h2-13,20,25H,14H2,1H3,(H,24,26). The molecule has 26 heavy (non-hydrogen) atoms. The number of amides is 1. The largest absolute Gasteiger partial charge is 0.387 e. The second-order valence-electron chi connectivity index (χ2n) is 6.16. The topological polar surface area (TPSA) is 49.3 Å². The molecular weight excluding hydrogens is 329 g/mol. The Balaban J connectivity index is 1.79. The quantitative estimate of drug-likeness (QED) is 0.723. The molecule has 0 spiro atoms. The molecule has 0 aliphatic heterocycles. The van der Waals surface area contributed by atoms with Crippen molar-refractivity contribution in [2.75, 3.05) is 6.54 Å². The number of aryl methyl sites for hydroxylation is 1. The number of hydrogen-bond donors (Lipinski definition) is 2. The molecule has 3 aromatic carbocycles. The predicted molar refractivity (Wildman–Crippen MR) is 100 cm³/mol. The van der Waals surface area contributed by atoms with E-state index in [2.05, 4.69) is 5.32 Å². The Morgan fingerprint density at radius 3 is 2.27 bits per heavy atom. The molecule has 1 unspecified atom stereocenters. The van der Waals surface area contributed by atoms with Gasteiger partial charge in [-0.3, -0.25) is 4.79 Å². The Morgan fingerprint density at radius 2 is 1.62 bits per heavy atom. The minimum Gasteiger partial charge on any atom is -0.387 e. The fourth-order valence-electron chi connectivity index (χ4n) is 2.81. The summed E-state index contributed by atoms with van der Waals surface area (Å²) in [5.41, 5.74) is 2.76. The lowest BCUT2D eigenvalue weighted by atomic mass is 9.99. The van der Waals surface area contributed by atoms with Crippen LogP contribution in [0.4, 0.5) is 4.39 Å². The van der Waals surface area contributed by atoms with E-state index in [-0.39, 0.29) is 12.1 Å². The summed E-state index contributed by atoms with van der Waals surface area (Å²) in [6.07, 6.45) is -0.846. The Bertz CT molecular complexity index is 895. The number of aliphatic hydroxyl groups excluding tert-OH is 1. The average molecular weight is 349 g/mol. The van der Waals surface area contributed by atoms with Gasteiger partial charge in [0.2, 0.25) is 0 Å². The number of carbonyl (C=O) groups is 1. The maximum Gasteiger partial charge on any atom is 0.254 e. The van der Waals surface area contributed by atoms with Gasteiger partial charge in [-0.15, -0.1) is 0 Å². The van der Waals surface area contributed by atoms with Crippen molar-refractivity contribution in [1.82, 2.24) is 5.32 Å². The highest BCUT2D eigenvalue weighted by Gasteiger charge is 2.17. The van der Waals surface area contributed by atoms with Crippen molar-refractivity contribution in [3.05, 3.63) is 95.3 Å². The van der Waals surface area contributed by atoms with E-state index in [9.17, 15) is 14.3 Å².